The number of halogens is 4. The number of piperazine rings is 1. The average molecular weight is 700 g/mol. The van der Waals surface area contributed by atoms with Gasteiger partial charge in [-0.05, 0) is 83.7 Å². The summed E-state index contributed by atoms with van der Waals surface area (Å²) in [5, 5.41) is 5.18. The second-order valence-electron chi connectivity index (χ2n) is 13.7. The Hall–Kier alpha value is -3.72. The summed E-state index contributed by atoms with van der Waals surface area (Å²) < 4.78 is 66.0. The van der Waals surface area contributed by atoms with E-state index in [0.29, 0.717) is 18.7 Å². The minimum atomic E-state index is -1.74. The molecular weight excluding hydrogens is 650 g/mol. The molecule has 1 heterocycles. The number of benzene rings is 1. The van der Waals surface area contributed by atoms with E-state index in [9.17, 15) is 32.3 Å². The zero-order valence-corrected chi connectivity index (χ0v) is 29.3. The van der Waals surface area contributed by atoms with Gasteiger partial charge in [-0.15, -0.1) is 0 Å². The predicted molar refractivity (Wildman–Crippen MR) is 175 cm³/mol. The second-order valence-corrected chi connectivity index (χ2v) is 13.7. The number of nitrogens with zero attached hydrogens (tertiary/aromatic N) is 3. The third-order valence-electron chi connectivity index (χ3n) is 9.06. The summed E-state index contributed by atoms with van der Waals surface area (Å²) in [7, 11) is 3.12. The van der Waals surface area contributed by atoms with Gasteiger partial charge in [-0.2, -0.15) is 8.78 Å². The number of nitrogens with one attached hydrogen (secondary N) is 2. The highest BCUT2D eigenvalue weighted by molar-refractivity contribution is 5.94. The smallest absolute Gasteiger partial charge is 0.411 e. The summed E-state index contributed by atoms with van der Waals surface area (Å²) in [5.41, 5.74) is -0.708. The highest BCUT2D eigenvalue weighted by Gasteiger charge is 2.37. The molecule has 0 spiro atoms. The number of hydrogen-bond acceptors (Lipinski definition) is 7. The fourth-order valence-corrected chi connectivity index (χ4v) is 5.86. The number of alkyl halides is 1. The fraction of sp³-hybridized carbons (Fsp3) is 0.647. The molecule has 1 saturated heterocycles. The van der Waals surface area contributed by atoms with Crippen LogP contribution in [0.1, 0.15) is 71.8 Å². The predicted octanol–water partition coefficient (Wildman–Crippen LogP) is 4.83. The van der Waals surface area contributed by atoms with Gasteiger partial charge in [0.1, 0.15) is 36.8 Å². The molecule has 1 saturated carbocycles. The van der Waals surface area contributed by atoms with Crippen molar-refractivity contribution in [1.29, 1.82) is 0 Å². The average Bonchev–Trinajstić information content (AvgIpc) is 3.05. The maximum atomic E-state index is 15.5. The molecule has 1 aliphatic heterocycles. The minimum Gasteiger partial charge on any atom is -0.444 e. The van der Waals surface area contributed by atoms with Gasteiger partial charge in [0.15, 0.2) is 0 Å². The highest BCUT2D eigenvalue weighted by atomic mass is 19.3. The third kappa shape index (κ3) is 10.9. The number of carbonyl (C=O) groups excluding carboxylic acids is 4. The van der Waals surface area contributed by atoms with Crippen LogP contribution in [0.2, 0.25) is 0 Å². The van der Waals surface area contributed by atoms with Gasteiger partial charge in [-0.25, -0.2) is 13.6 Å². The maximum Gasteiger partial charge on any atom is 0.411 e. The number of methoxy groups -OCH3 is 1. The van der Waals surface area contributed by atoms with Crippen LogP contribution in [0.5, 0.6) is 0 Å². The van der Waals surface area contributed by atoms with E-state index >= 15 is 4.39 Å². The molecule has 4 amide bonds. The van der Waals surface area contributed by atoms with Crippen LogP contribution in [0.3, 0.4) is 0 Å². The van der Waals surface area contributed by atoms with Gasteiger partial charge in [0.05, 0.1) is 11.7 Å². The van der Waals surface area contributed by atoms with Crippen molar-refractivity contribution < 1.29 is 46.2 Å². The topological polar surface area (TPSA) is 121 Å². The SMILES string of the molecule is CO[C@@H](C)C(=O)N[C@@H](C(=O)N1CCN(C)[C@@H](CF)C1)[C@@H](C)c1ccc(NC(=O)CN(C(=O)OC(C)(C)C)C2CCC(=C(F)F)CC2)c(F)c1. The van der Waals surface area contributed by atoms with Crippen molar-refractivity contribution in [3.05, 3.63) is 41.2 Å². The van der Waals surface area contributed by atoms with Crippen molar-refractivity contribution in [3.63, 3.8) is 0 Å². The molecule has 0 bridgehead atoms. The molecule has 3 rings (SSSR count). The van der Waals surface area contributed by atoms with Crippen LogP contribution < -0.4 is 10.6 Å². The van der Waals surface area contributed by atoms with Gasteiger partial charge in [-0.3, -0.25) is 24.2 Å². The van der Waals surface area contributed by atoms with Crippen LogP contribution in [-0.2, 0) is 23.9 Å². The molecule has 2 N–H and O–H groups in total. The van der Waals surface area contributed by atoms with E-state index in [1.165, 1.54) is 36.0 Å². The molecule has 274 valence electrons. The number of hydrogen-bond donors (Lipinski definition) is 2. The molecule has 11 nitrogen and oxygen atoms in total. The van der Waals surface area contributed by atoms with E-state index in [-0.39, 0.29) is 43.5 Å². The lowest BCUT2D eigenvalue weighted by atomic mass is 9.90. The molecule has 1 aromatic rings. The summed E-state index contributed by atoms with van der Waals surface area (Å²) in [6.07, 6.45) is -2.83. The maximum absolute atomic E-state index is 15.5. The van der Waals surface area contributed by atoms with E-state index in [0.717, 1.165) is 6.07 Å². The number of likely N-dealkylation sites (N-methyl/N-ethyl adjacent to an activating group) is 1. The van der Waals surface area contributed by atoms with Crippen LogP contribution in [0.15, 0.2) is 29.9 Å². The van der Waals surface area contributed by atoms with Crippen LogP contribution in [0.25, 0.3) is 0 Å². The Balaban J connectivity index is 1.79. The van der Waals surface area contributed by atoms with Crippen LogP contribution in [0.4, 0.5) is 28.0 Å². The summed E-state index contributed by atoms with van der Waals surface area (Å²) in [6.45, 7) is 7.87. The number of allylic oxidation sites excluding steroid dienone is 1. The molecule has 0 unspecified atom stereocenters. The van der Waals surface area contributed by atoms with E-state index in [1.54, 1.807) is 34.7 Å². The molecule has 2 aliphatic rings. The van der Waals surface area contributed by atoms with Gasteiger partial charge in [0, 0.05) is 38.7 Å². The Morgan fingerprint density at radius 2 is 1.73 bits per heavy atom. The Bertz CT molecular complexity index is 1370. The Morgan fingerprint density at radius 3 is 2.29 bits per heavy atom. The first-order valence-corrected chi connectivity index (χ1v) is 16.5. The van der Waals surface area contributed by atoms with Crippen molar-refractivity contribution >= 4 is 29.5 Å². The standard InChI is InChI=1S/C34H49F4N5O6/c1-20(29(40-31(45)21(2)48-7)32(46)42-15-14-41(6)25(17-35)18-42)23-10-13-27(26(36)16-23)39-28(44)19-43(33(47)49-34(3,4)5)24-11-8-22(9-12-24)30(37)38/h10,13,16,20-21,24-25,29H,8-9,11-12,14-15,17-19H2,1-7H3,(H,39,44)(H,40,45)/t20-,21-,25-,29+/m0/s1. The molecule has 15 heteroatoms. The molecule has 1 aromatic carbocycles. The first kappa shape index (κ1) is 39.7. The Labute approximate surface area is 285 Å². The highest BCUT2D eigenvalue weighted by Crippen LogP contribution is 2.31. The van der Waals surface area contributed by atoms with Gasteiger partial charge in [0.25, 0.3) is 6.08 Å². The molecule has 1 aliphatic carbocycles. The van der Waals surface area contributed by atoms with E-state index in [4.69, 9.17) is 9.47 Å². The van der Waals surface area contributed by atoms with E-state index in [2.05, 4.69) is 10.6 Å². The lowest BCUT2D eigenvalue weighted by Gasteiger charge is -2.40. The molecule has 49 heavy (non-hydrogen) atoms. The van der Waals surface area contributed by atoms with Crippen molar-refractivity contribution in [2.75, 3.05) is 52.3 Å². The van der Waals surface area contributed by atoms with Crippen LogP contribution in [-0.4, -0.2) is 115 Å². The number of ether oxygens (including phenoxy) is 2. The normalized spacial score (nSPS) is 20.6. The molecule has 0 aromatic heterocycles. The molecular formula is C34H49F4N5O6. The number of amides is 4. The van der Waals surface area contributed by atoms with Gasteiger partial charge < -0.3 is 25.0 Å². The zero-order valence-electron chi connectivity index (χ0n) is 29.3. The van der Waals surface area contributed by atoms with Crippen molar-refractivity contribution in [2.24, 2.45) is 0 Å². The largest absolute Gasteiger partial charge is 0.444 e. The van der Waals surface area contributed by atoms with Crippen molar-refractivity contribution in [1.82, 2.24) is 20.0 Å². The van der Waals surface area contributed by atoms with Crippen molar-refractivity contribution in [2.45, 2.75) is 96.1 Å². The first-order valence-electron chi connectivity index (χ1n) is 16.5. The monoisotopic (exact) mass is 699 g/mol. The van der Waals surface area contributed by atoms with E-state index < -0.39 is 84.7 Å². The number of anilines is 1. The lowest BCUT2D eigenvalue weighted by molar-refractivity contribution is -0.141. The minimum absolute atomic E-state index is 0.0189. The lowest BCUT2D eigenvalue weighted by Crippen LogP contribution is -2.59. The van der Waals surface area contributed by atoms with Crippen molar-refractivity contribution in [3.8, 4) is 0 Å². The molecule has 2 fully saturated rings. The Morgan fingerprint density at radius 1 is 1.08 bits per heavy atom. The van der Waals surface area contributed by atoms with Gasteiger partial charge >= 0.3 is 6.09 Å². The Kier molecular flexibility index (Phi) is 14.0. The fourth-order valence-electron chi connectivity index (χ4n) is 5.86. The third-order valence-corrected chi connectivity index (χ3v) is 9.06. The second kappa shape index (κ2) is 17.3. The van der Waals surface area contributed by atoms with Crippen LogP contribution >= 0.6 is 0 Å². The summed E-state index contributed by atoms with van der Waals surface area (Å²) in [6, 6.07) is 1.80. The number of carbonyl (C=O) groups is 4. The summed E-state index contributed by atoms with van der Waals surface area (Å²) in [4.78, 5) is 57.3. The van der Waals surface area contributed by atoms with Crippen LogP contribution in [0, 0.1) is 5.82 Å². The van der Waals surface area contributed by atoms with Gasteiger partial charge in [0.2, 0.25) is 17.7 Å². The zero-order chi connectivity index (χ0) is 36.6. The quantitative estimate of drug-likeness (QED) is 0.318. The number of rotatable bonds is 11. The summed E-state index contributed by atoms with van der Waals surface area (Å²) in [5.74, 6) is -3.30. The molecule has 4 atom stereocenters. The summed E-state index contributed by atoms with van der Waals surface area (Å²) >= 11 is 0. The molecule has 0 radical (unpaired) electrons. The first-order chi connectivity index (χ1) is 22.9. The van der Waals surface area contributed by atoms with Gasteiger partial charge in [-0.1, -0.05) is 13.0 Å². The van der Waals surface area contributed by atoms with E-state index in [1.807, 2.05) is 4.90 Å².